The third-order valence-corrected chi connectivity index (χ3v) is 3.97. The molecule has 22 heavy (non-hydrogen) atoms. The first-order valence-electron chi connectivity index (χ1n) is 6.92. The number of carbonyl (C=O) groups excluding carboxylic acids is 2. The summed E-state index contributed by atoms with van der Waals surface area (Å²) in [7, 11) is 0. The Morgan fingerprint density at radius 3 is 2.64 bits per heavy atom. The normalized spacial score (nSPS) is 12.9. The number of benzene rings is 1. The fraction of sp³-hybridized carbons (Fsp3) is 0.375. The molecule has 1 aromatic heterocycles. The van der Waals surface area contributed by atoms with E-state index in [9.17, 15) is 14.7 Å². The molecule has 0 saturated heterocycles. The summed E-state index contributed by atoms with van der Waals surface area (Å²) < 4.78 is 6.16. The Balaban J connectivity index is 2.12. The Kier molecular flexibility index (Phi) is 4.71. The number of carbonyl (C=O) groups is 2. The van der Waals surface area contributed by atoms with Gasteiger partial charge < -0.3 is 20.0 Å². The molecule has 1 aromatic carbocycles. The zero-order chi connectivity index (χ0) is 16.3. The van der Waals surface area contributed by atoms with Gasteiger partial charge >= 0.3 is 6.09 Å². The van der Waals surface area contributed by atoms with Crippen LogP contribution in [0.1, 0.15) is 26.3 Å². The SMILES string of the molecule is CC(C)(C)OC(=O)N[C@H](Cc1csc2ccccc12)C(=O)[O-]. The summed E-state index contributed by atoms with van der Waals surface area (Å²) in [4.78, 5) is 23.0. The smallest absolute Gasteiger partial charge is 0.408 e. The number of nitrogens with one attached hydrogen (secondary N) is 1. The van der Waals surface area contributed by atoms with Gasteiger partial charge in [0.05, 0.1) is 12.0 Å². The van der Waals surface area contributed by atoms with Crippen molar-refractivity contribution in [2.75, 3.05) is 0 Å². The quantitative estimate of drug-likeness (QED) is 0.935. The average molecular weight is 320 g/mol. The van der Waals surface area contributed by atoms with Crippen LogP contribution in [0.5, 0.6) is 0 Å². The maximum Gasteiger partial charge on any atom is 0.408 e. The van der Waals surface area contributed by atoms with Crippen LogP contribution in [0.2, 0.25) is 0 Å². The number of aliphatic carboxylic acids is 1. The number of alkyl carbamates (subject to hydrolysis) is 1. The molecule has 0 aliphatic rings. The molecule has 0 radical (unpaired) electrons. The van der Waals surface area contributed by atoms with Crippen molar-refractivity contribution in [3.63, 3.8) is 0 Å². The first-order chi connectivity index (χ1) is 10.3. The number of rotatable bonds is 4. The van der Waals surface area contributed by atoms with Gasteiger partial charge in [0, 0.05) is 4.70 Å². The molecule has 0 fully saturated rings. The zero-order valence-electron chi connectivity index (χ0n) is 12.7. The van der Waals surface area contributed by atoms with Gasteiger partial charge in [0.1, 0.15) is 5.60 Å². The third-order valence-electron chi connectivity index (χ3n) is 2.96. The number of fused-ring (bicyclic) bond motifs is 1. The lowest BCUT2D eigenvalue weighted by Gasteiger charge is -2.24. The Hall–Kier alpha value is -2.08. The number of ether oxygens (including phenoxy) is 1. The van der Waals surface area contributed by atoms with Crippen LogP contribution in [0.25, 0.3) is 10.1 Å². The largest absolute Gasteiger partial charge is 0.548 e. The van der Waals surface area contributed by atoms with Crippen LogP contribution in [-0.2, 0) is 16.0 Å². The minimum atomic E-state index is -1.33. The van der Waals surface area contributed by atoms with Crippen molar-refractivity contribution in [2.45, 2.75) is 38.8 Å². The standard InChI is InChI=1S/C16H19NO4S/c1-16(2,3)21-15(20)17-12(14(18)19)8-10-9-22-13-7-5-4-6-11(10)13/h4-7,9,12H,8H2,1-3H3,(H,17,20)(H,18,19)/p-1/t12-/m1/s1. The van der Waals surface area contributed by atoms with E-state index in [0.717, 1.165) is 15.6 Å². The van der Waals surface area contributed by atoms with Crippen LogP contribution >= 0.6 is 11.3 Å². The summed E-state index contributed by atoms with van der Waals surface area (Å²) in [6.07, 6.45) is -0.604. The number of amides is 1. The molecular weight excluding hydrogens is 302 g/mol. The third kappa shape index (κ3) is 4.21. The second-order valence-electron chi connectivity index (χ2n) is 5.98. The van der Waals surface area contributed by atoms with Crippen LogP contribution in [0, 0.1) is 0 Å². The van der Waals surface area contributed by atoms with Gasteiger partial charge in [-0.05, 0) is 49.6 Å². The summed E-state index contributed by atoms with van der Waals surface area (Å²) in [6, 6.07) is 6.60. The Morgan fingerprint density at radius 1 is 1.32 bits per heavy atom. The molecule has 2 aromatic rings. The molecule has 0 spiro atoms. The average Bonchev–Trinajstić information content (AvgIpc) is 2.79. The highest BCUT2D eigenvalue weighted by molar-refractivity contribution is 7.17. The van der Waals surface area contributed by atoms with Crippen LogP contribution in [0.3, 0.4) is 0 Å². The lowest BCUT2D eigenvalue weighted by Crippen LogP contribution is -2.50. The molecule has 1 atom stereocenters. The van der Waals surface area contributed by atoms with Gasteiger partial charge in [-0.15, -0.1) is 11.3 Å². The van der Waals surface area contributed by atoms with Crippen molar-refractivity contribution >= 4 is 33.5 Å². The van der Waals surface area contributed by atoms with E-state index in [2.05, 4.69) is 5.32 Å². The Labute approximate surface area is 132 Å². The molecule has 0 aliphatic carbocycles. The molecule has 118 valence electrons. The highest BCUT2D eigenvalue weighted by atomic mass is 32.1. The van der Waals surface area contributed by atoms with Crippen molar-refractivity contribution in [1.82, 2.24) is 5.32 Å². The number of hydrogen-bond acceptors (Lipinski definition) is 5. The fourth-order valence-corrected chi connectivity index (χ4v) is 3.03. The van der Waals surface area contributed by atoms with Gasteiger partial charge in [-0.25, -0.2) is 4.79 Å². The highest BCUT2D eigenvalue weighted by Crippen LogP contribution is 2.26. The van der Waals surface area contributed by atoms with Crippen molar-refractivity contribution in [3.8, 4) is 0 Å². The van der Waals surface area contributed by atoms with E-state index in [1.807, 2.05) is 29.6 Å². The minimum Gasteiger partial charge on any atom is -0.548 e. The van der Waals surface area contributed by atoms with Gasteiger partial charge in [-0.1, -0.05) is 18.2 Å². The van der Waals surface area contributed by atoms with Gasteiger partial charge in [-0.3, -0.25) is 0 Å². The van der Waals surface area contributed by atoms with E-state index in [0.29, 0.717) is 0 Å². The van der Waals surface area contributed by atoms with Crippen molar-refractivity contribution in [3.05, 3.63) is 35.2 Å². The second-order valence-corrected chi connectivity index (χ2v) is 6.89. The van der Waals surface area contributed by atoms with Crippen LogP contribution in [-0.4, -0.2) is 23.7 Å². The van der Waals surface area contributed by atoms with E-state index in [1.54, 1.807) is 20.8 Å². The molecule has 5 nitrogen and oxygen atoms in total. The molecule has 0 bridgehead atoms. The molecule has 1 amide bonds. The van der Waals surface area contributed by atoms with E-state index in [1.165, 1.54) is 11.3 Å². The van der Waals surface area contributed by atoms with Gasteiger partial charge in [0.2, 0.25) is 0 Å². The van der Waals surface area contributed by atoms with Gasteiger partial charge in [-0.2, -0.15) is 0 Å². The number of carboxylic acids is 1. The molecule has 0 aliphatic heterocycles. The molecule has 1 heterocycles. The number of carboxylic acid groups (broad SMARTS) is 1. The summed E-state index contributed by atoms with van der Waals surface area (Å²) in [5.41, 5.74) is 0.182. The van der Waals surface area contributed by atoms with Crippen LogP contribution in [0.15, 0.2) is 29.6 Å². The summed E-state index contributed by atoms with van der Waals surface area (Å²) in [6.45, 7) is 5.15. The zero-order valence-corrected chi connectivity index (χ0v) is 13.5. The number of hydrogen-bond donors (Lipinski definition) is 1. The second kappa shape index (κ2) is 6.36. The van der Waals surface area contributed by atoms with Crippen molar-refractivity contribution in [1.29, 1.82) is 0 Å². The van der Waals surface area contributed by atoms with E-state index in [4.69, 9.17) is 4.74 Å². The maximum absolute atomic E-state index is 11.7. The summed E-state index contributed by atoms with van der Waals surface area (Å²) in [5, 5.41) is 16.5. The highest BCUT2D eigenvalue weighted by Gasteiger charge is 2.21. The molecule has 2 rings (SSSR count). The van der Waals surface area contributed by atoms with Gasteiger partial charge in [0.15, 0.2) is 0 Å². The van der Waals surface area contributed by atoms with Crippen molar-refractivity contribution < 1.29 is 19.4 Å². The van der Waals surface area contributed by atoms with Crippen molar-refractivity contribution in [2.24, 2.45) is 0 Å². The summed E-state index contributed by atoms with van der Waals surface area (Å²) in [5.74, 6) is -1.33. The van der Waals surface area contributed by atoms with Crippen LogP contribution in [0.4, 0.5) is 4.79 Å². The monoisotopic (exact) mass is 320 g/mol. The first kappa shape index (κ1) is 16.3. The van der Waals surface area contributed by atoms with Crippen LogP contribution < -0.4 is 10.4 Å². The predicted octanol–water partition coefficient (Wildman–Crippen LogP) is 2.09. The molecule has 6 heteroatoms. The first-order valence-corrected chi connectivity index (χ1v) is 7.80. The molecular formula is C16H18NO4S-. The molecule has 0 unspecified atom stereocenters. The maximum atomic E-state index is 11.7. The fourth-order valence-electron chi connectivity index (χ4n) is 2.05. The predicted molar refractivity (Wildman–Crippen MR) is 83.7 cm³/mol. The Morgan fingerprint density at radius 2 is 2.00 bits per heavy atom. The minimum absolute atomic E-state index is 0.158. The van der Waals surface area contributed by atoms with E-state index >= 15 is 0 Å². The number of thiophene rings is 1. The van der Waals surface area contributed by atoms with E-state index < -0.39 is 23.7 Å². The van der Waals surface area contributed by atoms with E-state index in [-0.39, 0.29) is 6.42 Å². The molecule has 1 N–H and O–H groups in total. The Bertz CT molecular complexity index is 687. The van der Waals surface area contributed by atoms with Gasteiger partial charge in [0.25, 0.3) is 0 Å². The molecule has 0 saturated carbocycles. The summed E-state index contributed by atoms with van der Waals surface area (Å²) >= 11 is 1.54. The lowest BCUT2D eigenvalue weighted by molar-refractivity contribution is -0.308. The lowest BCUT2D eigenvalue weighted by atomic mass is 10.1. The topological polar surface area (TPSA) is 78.5 Å².